The summed E-state index contributed by atoms with van der Waals surface area (Å²) >= 11 is 0. The van der Waals surface area contributed by atoms with Crippen molar-refractivity contribution in [2.75, 3.05) is 13.6 Å². The van der Waals surface area contributed by atoms with Crippen LogP contribution in [0.25, 0.3) is 11.4 Å². The van der Waals surface area contributed by atoms with E-state index in [1.54, 1.807) is 18.6 Å². The third-order valence-corrected chi connectivity index (χ3v) is 2.91. The molecule has 108 valence electrons. The number of carbonyl (C=O) groups excluding carboxylic acids is 1. The number of amides is 1. The van der Waals surface area contributed by atoms with E-state index in [0.717, 1.165) is 5.56 Å². The zero-order valence-corrected chi connectivity index (χ0v) is 11.5. The standard InChI is InChI=1S/C13H18N4O3/c1-9(14-2)7-15-11(18)3-4-12-16-13(17-20-12)10-5-6-19-8-10/h5-6,8-9,14H,3-4,7H2,1-2H3,(H,15,18). The molecular formula is C13H18N4O3. The average molecular weight is 278 g/mol. The van der Waals surface area contributed by atoms with E-state index in [1.807, 2.05) is 14.0 Å². The van der Waals surface area contributed by atoms with Crippen LogP contribution in [0.1, 0.15) is 19.2 Å². The van der Waals surface area contributed by atoms with Crippen LogP contribution >= 0.6 is 0 Å². The predicted molar refractivity (Wildman–Crippen MR) is 71.9 cm³/mol. The summed E-state index contributed by atoms with van der Waals surface area (Å²) in [7, 11) is 1.85. The highest BCUT2D eigenvalue weighted by Gasteiger charge is 2.11. The minimum Gasteiger partial charge on any atom is -0.472 e. The summed E-state index contributed by atoms with van der Waals surface area (Å²) in [5.74, 6) is 0.881. The Hall–Kier alpha value is -2.15. The second-order valence-electron chi connectivity index (χ2n) is 4.52. The SMILES string of the molecule is CNC(C)CNC(=O)CCc1nc(-c2ccoc2)no1. The van der Waals surface area contributed by atoms with Crippen molar-refractivity contribution in [1.29, 1.82) is 0 Å². The van der Waals surface area contributed by atoms with Gasteiger partial charge in [0.1, 0.15) is 6.26 Å². The zero-order chi connectivity index (χ0) is 14.4. The van der Waals surface area contributed by atoms with Gasteiger partial charge in [0.2, 0.25) is 17.6 Å². The summed E-state index contributed by atoms with van der Waals surface area (Å²) in [6.07, 6.45) is 3.83. The molecule has 2 N–H and O–H groups in total. The molecule has 0 saturated heterocycles. The van der Waals surface area contributed by atoms with E-state index >= 15 is 0 Å². The number of furan rings is 1. The van der Waals surface area contributed by atoms with Crippen LogP contribution in [-0.4, -0.2) is 35.7 Å². The highest BCUT2D eigenvalue weighted by atomic mass is 16.5. The minimum absolute atomic E-state index is 0.0323. The van der Waals surface area contributed by atoms with Gasteiger partial charge in [-0.3, -0.25) is 4.79 Å². The number of hydrogen-bond donors (Lipinski definition) is 2. The van der Waals surface area contributed by atoms with Crippen molar-refractivity contribution in [1.82, 2.24) is 20.8 Å². The lowest BCUT2D eigenvalue weighted by atomic mass is 10.2. The highest BCUT2D eigenvalue weighted by Crippen LogP contribution is 2.16. The molecule has 2 rings (SSSR count). The molecule has 0 bridgehead atoms. The predicted octanol–water partition coefficient (Wildman–Crippen LogP) is 0.986. The lowest BCUT2D eigenvalue weighted by molar-refractivity contribution is -0.121. The van der Waals surface area contributed by atoms with Crippen molar-refractivity contribution < 1.29 is 13.7 Å². The summed E-state index contributed by atoms with van der Waals surface area (Å²) in [4.78, 5) is 15.8. The normalized spacial score (nSPS) is 12.3. The Kier molecular flexibility index (Phi) is 4.89. The van der Waals surface area contributed by atoms with Crippen LogP contribution in [0.2, 0.25) is 0 Å². The Morgan fingerprint density at radius 3 is 3.05 bits per heavy atom. The van der Waals surface area contributed by atoms with Crippen molar-refractivity contribution in [3.8, 4) is 11.4 Å². The van der Waals surface area contributed by atoms with E-state index in [1.165, 1.54) is 0 Å². The maximum atomic E-state index is 11.6. The number of aryl methyl sites for hydroxylation is 1. The number of aromatic nitrogens is 2. The lowest BCUT2D eigenvalue weighted by Gasteiger charge is -2.10. The van der Waals surface area contributed by atoms with E-state index in [9.17, 15) is 4.79 Å². The summed E-state index contributed by atoms with van der Waals surface area (Å²) < 4.78 is 10.0. The molecule has 1 unspecified atom stereocenters. The van der Waals surface area contributed by atoms with Crippen molar-refractivity contribution in [2.45, 2.75) is 25.8 Å². The van der Waals surface area contributed by atoms with Crippen LogP contribution in [0.4, 0.5) is 0 Å². The van der Waals surface area contributed by atoms with Crippen molar-refractivity contribution in [3.63, 3.8) is 0 Å². The number of hydrogen-bond acceptors (Lipinski definition) is 6. The molecule has 0 radical (unpaired) electrons. The molecule has 0 fully saturated rings. The van der Waals surface area contributed by atoms with Crippen molar-refractivity contribution >= 4 is 5.91 Å². The first kappa shape index (κ1) is 14.3. The molecule has 7 heteroatoms. The molecule has 0 aliphatic rings. The highest BCUT2D eigenvalue weighted by molar-refractivity contribution is 5.76. The maximum absolute atomic E-state index is 11.6. The molecule has 2 aromatic rings. The molecule has 0 aliphatic carbocycles. The minimum atomic E-state index is -0.0323. The van der Waals surface area contributed by atoms with Gasteiger partial charge in [-0.2, -0.15) is 4.98 Å². The second kappa shape index (κ2) is 6.85. The molecule has 2 aromatic heterocycles. The topological polar surface area (TPSA) is 93.2 Å². The Labute approximate surface area is 116 Å². The van der Waals surface area contributed by atoms with Crippen LogP contribution in [-0.2, 0) is 11.2 Å². The monoisotopic (exact) mass is 278 g/mol. The van der Waals surface area contributed by atoms with Crippen LogP contribution in [0, 0.1) is 0 Å². The number of nitrogens with one attached hydrogen (secondary N) is 2. The molecule has 0 saturated carbocycles. The van der Waals surface area contributed by atoms with Crippen LogP contribution < -0.4 is 10.6 Å². The average Bonchev–Trinajstić information content (AvgIpc) is 3.12. The van der Waals surface area contributed by atoms with Gasteiger partial charge < -0.3 is 19.6 Å². The molecule has 2 heterocycles. The Morgan fingerprint density at radius 1 is 1.50 bits per heavy atom. The number of carbonyl (C=O) groups is 1. The fraction of sp³-hybridized carbons (Fsp3) is 0.462. The lowest BCUT2D eigenvalue weighted by Crippen LogP contribution is -2.37. The smallest absolute Gasteiger partial charge is 0.227 e. The fourth-order valence-corrected chi connectivity index (χ4v) is 1.54. The van der Waals surface area contributed by atoms with Gasteiger partial charge in [-0.15, -0.1) is 0 Å². The Morgan fingerprint density at radius 2 is 2.35 bits per heavy atom. The van der Waals surface area contributed by atoms with Crippen molar-refractivity contribution in [3.05, 3.63) is 24.5 Å². The Balaban J connectivity index is 1.78. The van der Waals surface area contributed by atoms with Gasteiger partial charge in [0.25, 0.3) is 0 Å². The molecule has 0 aromatic carbocycles. The largest absolute Gasteiger partial charge is 0.472 e. The number of nitrogens with zero attached hydrogens (tertiary/aromatic N) is 2. The molecule has 0 aliphatic heterocycles. The summed E-state index contributed by atoms with van der Waals surface area (Å²) in [5, 5.41) is 9.72. The fourth-order valence-electron chi connectivity index (χ4n) is 1.54. The molecular weight excluding hydrogens is 260 g/mol. The first-order chi connectivity index (χ1) is 9.69. The third-order valence-electron chi connectivity index (χ3n) is 2.91. The molecule has 7 nitrogen and oxygen atoms in total. The first-order valence-corrected chi connectivity index (χ1v) is 6.48. The zero-order valence-electron chi connectivity index (χ0n) is 11.5. The van der Waals surface area contributed by atoms with Gasteiger partial charge in [-0.05, 0) is 20.0 Å². The van der Waals surface area contributed by atoms with E-state index in [4.69, 9.17) is 8.94 Å². The van der Waals surface area contributed by atoms with Gasteiger partial charge in [0, 0.05) is 25.4 Å². The quantitative estimate of drug-likeness (QED) is 0.784. The summed E-state index contributed by atoms with van der Waals surface area (Å²) in [6, 6.07) is 2.00. The van der Waals surface area contributed by atoms with Gasteiger partial charge >= 0.3 is 0 Å². The molecule has 0 spiro atoms. The van der Waals surface area contributed by atoms with Crippen LogP contribution in [0.15, 0.2) is 27.5 Å². The van der Waals surface area contributed by atoms with Gasteiger partial charge in [-0.25, -0.2) is 0 Å². The van der Waals surface area contributed by atoms with Crippen LogP contribution in [0.3, 0.4) is 0 Å². The number of likely N-dealkylation sites (N-methyl/N-ethyl adjacent to an activating group) is 1. The van der Waals surface area contributed by atoms with Gasteiger partial charge in [0.15, 0.2) is 0 Å². The van der Waals surface area contributed by atoms with E-state index in [0.29, 0.717) is 31.1 Å². The van der Waals surface area contributed by atoms with Gasteiger partial charge in [0.05, 0.1) is 11.8 Å². The van der Waals surface area contributed by atoms with E-state index in [2.05, 4.69) is 20.8 Å². The van der Waals surface area contributed by atoms with E-state index in [-0.39, 0.29) is 11.9 Å². The Bertz CT molecular complexity index is 536. The summed E-state index contributed by atoms with van der Waals surface area (Å²) in [5.41, 5.74) is 0.757. The maximum Gasteiger partial charge on any atom is 0.227 e. The third kappa shape index (κ3) is 3.92. The van der Waals surface area contributed by atoms with E-state index < -0.39 is 0 Å². The van der Waals surface area contributed by atoms with Crippen LogP contribution in [0.5, 0.6) is 0 Å². The summed E-state index contributed by atoms with van der Waals surface area (Å²) in [6.45, 7) is 2.59. The molecule has 1 atom stereocenters. The van der Waals surface area contributed by atoms with Gasteiger partial charge in [-0.1, -0.05) is 5.16 Å². The van der Waals surface area contributed by atoms with Crippen molar-refractivity contribution in [2.24, 2.45) is 0 Å². The second-order valence-corrected chi connectivity index (χ2v) is 4.52. The molecule has 1 amide bonds. The first-order valence-electron chi connectivity index (χ1n) is 6.48. The number of rotatable bonds is 7. The molecule has 20 heavy (non-hydrogen) atoms.